The van der Waals surface area contributed by atoms with Gasteiger partial charge in [-0.25, -0.2) is 4.39 Å². The predicted octanol–water partition coefficient (Wildman–Crippen LogP) is 2.26. The molecule has 24 heavy (non-hydrogen) atoms. The highest BCUT2D eigenvalue weighted by Crippen LogP contribution is 2.33. The molecule has 2 aromatic rings. The van der Waals surface area contributed by atoms with Crippen molar-refractivity contribution in [3.05, 3.63) is 59.9 Å². The van der Waals surface area contributed by atoms with Crippen LogP contribution in [0, 0.1) is 5.82 Å². The van der Waals surface area contributed by atoms with E-state index >= 15 is 0 Å². The highest BCUT2D eigenvalue weighted by molar-refractivity contribution is 6.03. The fraction of sp³-hybridized carbons (Fsp3) is 0.222. The minimum atomic E-state index is -0.634. The maximum atomic E-state index is 12.9. The molecule has 1 atom stereocenters. The summed E-state index contributed by atoms with van der Waals surface area (Å²) in [7, 11) is 0. The Morgan fingerprint density at radius 1 is 1.21 bits per heavy atom. The van der Waals surface area contributed by atoms with E-state index in [0.29, 0.717) is 11.4 Å². The van der Waals surface area contributed by atoms with Crippen molar-refractivity contribution in [2.45, 2.75) is 19.6 Å². The maximum absolute atomic E-state index is 12.9. The largest absolute Gasteiger partial charge is 0.479 e. The van der Waals surface area contributed by atoms with Crippen LogP contribution in [0.1, 0.15) is 12.5 Å². The number of hydrogen-bond acceptors (Lipinski definition) is 3. The van der Waals surface area contributed by atoms with Crippen LogP contribution in [0.3, 0.4) is 0 Å². The zero-order chi connectivity index (χ0) is 17.1. The lowest BCUT2D eigenvalue weighted by Gasteiger charge is -2.32. The first kappa shape index (κ1) is 16.0. The smallest absolute Gasteiger partial charge is 0.268 e. The van der Waals surface area contributed by atoms with Crippen LogP contribution < -0.4 is 15.0 Å². The summed E-state index contributed by atoms with van der Waals surface area (Å²) in [6, 6.07) is 13.0. The molecule has 1 N–H and O–H groups in total. The van der Waals surface area contributed by atoms with Gasteiger partial charge in [0.15, 0.2) is 6.10 Å². The molecule has 3 rings (SSSR count). The topological polar surface area (TPSA) is 58.6 Å². The molecular weight excluding hydrogens is 311 g/mol. The fourth-order valence-electron chi connectivity index (χ4n) is 2.52. The molecule has 5 nitrogen and oxygen atoms in total. The standard InChI is InChI=1S/C18H17FN2O3/c1-12-18(23)21(15-4-2-3-5-16(15)24-12)11-17(22)20-10-13-6-8-14(19)9-7-13/h2-9,12H,10-11H2,1H3,(H,20,22). The van der Waals surface area contributed by atoms with E-state index in [2.05, 4.69) is 5.32 Å². The summed E-state index contributed by atoms with van der Waals surface area (Å²) < 4.78 is 18.4. The third-order valence-electron chi connectivity index (χ3n) is 3.78. The molecule has 1 aliphatic heterocycles. The predicted molar refractivity (Wildman–Crippen MR) is 87.1 cm³/mol. The van der Waals surface area contributed by atoms with Crippen LogP contribution in [0.5, 0.6) is 5.75 Å². The van der Waals surface area contributed by atoms with E-state index in [-0.39, 0.29) is 30.7 Å². The maximum Gasteiger partial charge on any atom is 0.268 e. The van der Waals surface area contributed by atoms with E-state index in [0.717, 1.165) is 5.56 Å². The molecule has 0 saturated carbocycles. The highest BCUT2D eigenvalue weighted by Gasteiger charge is 2.32. The molecule has 0 saturated heterocycles. The summed E-state index contributed by atoms with van der Waals surface area (Å²) in [4.78, 5) is 25.9. The van der Waals surface area contributed by atoms with Crippen LogP contribution in [0.2, 0.25) is 0 Å². The molecule has 0 bridgehead atoms. The fourth-order valence-corrected chi connectivity index (χ4v) is 2.52. The monoisotopic (exact) mass is 328 g/mol. The van der Waals surface area contributed by atoms with Gasteiger partial charge in [-0.05, 0) is 36.8 Å². The average molecular weight is 328 g/mol. The van der Waals surface area contributed by atoms with E-state index in [1.165, 1.54) is 17.0 Å². The van der Waals surface area contributed by atoms with Gasteiger partial charge in [0, 0.05) is 6.54 Å². The van der Waals surface area contributed by atoms with Gasteiger partial charge in [-0.1, -0.05) is 24.3 Å². The molecule has 0 radical (unpaired) electrons. The number of carbonyl (C=O) groups excluding carboxylic acids is 2. The zero-order valence-corrected chi connectivity index (χ0v) is 13.2. The van der Waals surface area contributed by atoms with Crippen molar-refractivity contribution in [2.75, 3.05) is 11.4 Å². The molecule has 6 heteroatoms. The van der Waals surface area contributed by atoms with Crippen LogP contribution in [0.15, 0.2) is 48.5 Å². The zero-order valence-electron chi connectivity index (χ0n) is 13.2. The number of hydrogen-bond donors (Lipinski definition) is 1. The number of anilines is 1. The Labute approximate surface area is 139 Å². The Balaban J connectivity index is 1.67. The van der Waals surface area contributed by atoms with E-state index in [1.807, 2.05) is 6.07 Å². The van der Waals surface area contributed by atoms with Gasteiger partial charge in [-0.15, -0.1) is 0 Å². The molecule has 1 aliphatic rings. The number of ether oxygens (including phenoxy) is 1. The van der Waals surface area contributed by atoms with E-state index in [1.54, 1.807) is 37.3 Å². The van der Waals surface area contributed by atoms with Gasteiger partial charge in [-0.3, -0.25) is 14.5 Å². The molecule has 124 valence electrons. The summed E-state index contributed by atoms with van der Waals surface area (Å²) in [5.74, 6) is -0.298. The summed E-state index contributed by atoms with van der Waals surface area (Å²) in [5.41, 5.74) is 1.37. The number of para-hydroxylation sites is 2. The third kappa shape index (κ3) is 3.37. The number of fused-ring (bicyclic) bond motifs is 1. The average Bonchev–Trinajstić information content (AvgIpc) is 2.58. The van der Waals surface area contributed by atoms with Crippen molar-refractivity contribution < 1.29 is 18.7 Å². The lowest BCUT2D eigenvalue weighted by molar-refractivity contribution is -0.128. The summed E-state index contributed by atoms with van der Waals surface area (Å²) in [6.45, 7) is 1.83. The second kappa shape index (κ2) is 6.70. The Morgan fingerprint density at radius 3 is 2.67 bits per heavy atom. The Bertz CT molecular complexity index is 761. The minimum Gasteiger partial charge on any atom is -0.479 e. The molecule has 0 spiro atoms. The summed E-state index contributed by atoms with van der Waals surface area (Å²) >= 11 is 0. The van der Waals surface area contributed by atoms with E-state index < -0.39 is 6.10 Å². The van der Waals surface area contributed by atoms with Crippen molar-refractivity contribution >= 4 is 17.5 Å². The molecule has 1 unspecified atom stereocenters. The van der Waals surface area contributed by atoms with E-state index in [4.69, 9.17) is 4.74 Å². The molecule has 1 heterocycles. The normalized spacial score (nSPS) is 16.3. The van der Waals surface area contributed by atoms with Gasteiger partial charge >= 0.3 is 0 Å². The first-order valence-corrected chi connectivity index (χ1v) is 7.63. The van der Waals surface area contributed by atoms with Crippen LogP contribution in [-0.2, 0) is 16.1 Å². The Kier molecular flexibility index (Phi) is 4.46. The van der Waals surface area contributed by atoms with Crippen LogP contribution in [-0.4, -0.2) is 24.5 Å². The third-order valence-corrected chi connectivity index (χ3v) is 3.78. The first-order chi connectivity index (χ1) is 11.5. The molecule has 0 aromatic heterocycles. The van der Waals surface area contributed by atoms with Crippen molar-refractivity contribution in [3.8, 4) is 5.75 Å². The van der Waals surface area contributed by atoms with Gasteiger partial charge in [0.2, 0.25) is 5.91 Å². The van der Waals surface area contributed by atoms with Crippen LogP contribution in [0.4, 0.5) is 10.1 Å². The lowest BCUT2D eigenvalue weighted by atomic mass is 10.2. The van der Waals surface area contributed by atoms with Crippen molar-refractivity contribution in [3.63, 3.8) is 0 Å². The number of nitrogens with one attached hydrogen (secondary N) is 1. The second-order valence-corrected chi connectivity index (χ2v) is 5.56. The van der Waals surface area contributed by atoms with Gasteiger partial charge in [0.25, 0.3) is 5.91 Å². The first-order valence-electron chi connectivity index (χ1n) is 7.63. The summed E-state index contributed by atoms with van der Waals surface area (Å²) in [5, 5.41) is 2.74. The van der Waals surface area contributed by atoms with Crippen molar-refractivity contribution in [2.24, 2.45) is 0 Å². The van der Waals surface area contributed by atoms with Crippen LogP contribution >= 0.6 is 0 Å². The number of nitrogens with zero attached hydrogens (tertiary/aromatic N) is 1. The lowest BCUT2D eigenvalue weighted by Crippen LogP contribution is -2.48. The highest BCUT2D eigenvalue weighted by atomic mass is 19.1. The van der Waals surface area contributed by atoms with Gasteiger partial charge in [0.05, 0.1) is 5.69 Å². The van der Waals surface area contributed by atoms with Gasteiger partial charge < -0.3 is 10.1 Å². The number of halogens is 1. The van der Waals surface area contributed by atoms with Crippen LogP contribution in [0.25, 0.3) is 0 Å². The second-order valence-electron chi connectivity index (χ2n) is 5.56. The minimum absolute atomic E-state index is 0.0925. The Morgan fingerprint density at radius 2 is 1.92 bits per heavy atom. The van der Waals surface area contributed by atoms with Gasteiger partial charge in [0.1, 0.15) is 18.1 Å². The molecule has 0 aliphatic carbocycles. The SMILES string of the molecule is CC1Oc2ccccc2N(CC(=O)NCc2ccc(F)cc2)C1=O. The Hall–Kier alpha value is -2.89. The molecule has 0 fully saturated rings. The number of amides is 2. The number of carbonyl (C=O) groups is 2. The van der Waals surface area contributed by atoms with Gasteiger partial charge in [-0.2, -0.15) is 0 Å². The quantitative estimate of drug-likeness (QED) is 0.936. The molecular formula is C18H17FN2O3. The van der Waals surface area contributed by atoms with Crippen molar-refractivity contribution in [1.82, 2.24) is 5.32 Å². The number of benzene rings is 2. The molecule has 2 amide bonds. The summed E-state index contributed by atoms with van der Waals surface area (Å²) in [6.07, 6.45) is -0.634. The van der Waals surface area contributed by atoms with E-state index in [9.17, 15) is 14.0 Å². The molecule has 2 aromatic carbocycles. The van der Waals surface area contributed by atoms with Crippen molar-refractivity contribution in [1.29, 1.82) is 0 Å². The number of rotatable bonds is 4.